The fraction of sp³-hybridized carbons (Fsp3) is 0.684. The molecular formula is C19H31NO8. The summed E-state index contributed by atoms with van der Waals surface area (Å²) < 4.78 is 19.8. The van der Waals surface area contributed by atoms with E-state index in [9.17, 15) is 19.2 Å². The molecule has 28 heavy (non-hydrogen) atoms. The lowest BCUT2D eigenvalue weighted by Crippen LogP contribution is -2.41. The molecule has 0 unspecified atom stereocenters. The molecule has 0 spiro atoms. The summed E-state index contributed by atoms with van der Waals surface area (Å²) in [7, 11) is 1.18. The Labute approximate surface area is 165 Å². The molecule has 0 aliphatic carbocycles. The van der Waals surface area contributed by atoms with Crippen LogP contribution in [0.5, 0.6) is 0 Å². The molecule has 0 aliphatic heterocycles. The number of carbonyl (C=O) groups is 4. The van der Waals surface area contributed by atoms with Gasteiger partial charge in [-0.05, 0) is 41.5 Å². The van der Waals surface area contributed by atoms with Crippen LogP contribution in [0.25, 0.3) is 0 Å². The van der Waals surface area contributed by atoms with Gasteiger partial charge in [0.2, 0.25) is 0 Å². The van der Waals surface area contributed by atoms with Gasteiger partial charge in [0.15, 0.2) is 0 Å². The fourth-order valence-corrected chi connectivity index (χ4v) is 1.85. The molecule has 9 heteroatoms. The SMILES string of the molecule is COC(=O)C=CC(=O)OCCN(CC(=O)OC(C)(C)C)CC(=O)OC(C)(C)C. The number of carbonyl (C=O) groups excluding carboxylic acids is 4. The second kappa shape index (κ2) is 11.4. The van der Waals surface area contributed by atoms with E-state index in [1.807, 2.05) is 0 Å². The minimum absolute atomic E-state index is 0.0935. The lowest BCUT2D eigenvalue weighted by Gasteiger charge is -2.26. The number of hydrogen-bond donors (Lipinski definition) is 0. The van der Waals surface area contributed by atoms with Crippen LogP contribution in [0.3, 0.4) is 0 Å². The first-order valence-electron chi connectivity index (χ1n) is 8.80. The summed E-state index contributed by atoms with van der Waals surface area (Å²) in [5, 5.41) is 0. The minimum atomic E-state index is -0.750. The zero-order valence-electron chi connectivity index (χ0n) is 17.7. The van der Waals surface area contributed by atoms with Crippen molar-refractivity contribution in [3.05, 3.63) is 12.2 Å². The number of methoxy groups -OCH3 is 1. The molecule has 0 aliphatic rings. The average molecular weight is 401 g/mol. The highest BCUT2D eigenvalue weighted by Gasteiger charge is 2.23. The molecule has 0 saturated carbocycles. The lowest BCUT2D eigenvalue weighted by atomic mass is 10.2. The van der Waals surface area contributed by atoms with Gasteiger partial charge in [0.05, 0.1) is 20.2 Å². The van der Waals surface area contributed by atoms with Crippen LogP contribution in [-0.2, 0) is 38.1 Å². The second-order valence-electron chi connectivity index (χ2n) is 7.91. The van der Waals surface area contributed by atoms with Gasteiger partial charge in [-0.25, -0.2) is 9.59 Å². The first-order chi connectivity index (χ1) is 12.7. The number of nitrogens with zero attached hydrogens (tertiary/aromatic N) is 1. The second-order valence-corrected chi connectivity index (χ2v) is 7.91. The smallest absolute Gasteiger partial charge is 0.331 e. The summed E-state index contributed by atoms with van der Waals surface area (Å²) >= 11 is 0. The van der Waals surface area contributed by atoms with Crippen molar-refractivity contribution < 1.29 is 38.1 Å². The van der Waals surface area contributed by atoms with Gasteiger partial charge in [-0.2, -0.15) is 0 Å². The van der Waals surface area contributed by atoms with Gasteiger partial charge in [0.25, 0.3) is 0 Å². The van der Waals surface area contributed by atoms with Crippen LogP contribution >= 0.6 is 0 Å². The molecule has 0 aromatic rings. The Hall–Kier alpha value is -2.42. The molecule has 0 rings (SSSR count). The van der Waals surface area contributed by atoms with E-state index in [2.05, 4.69) is 4.74 Å². The maximum Gasteiger partial charge on any atom is 0.331 e. The Morgan fingerprint density at radius 2 is 1.21 bits per heavy atom. The summed E-state index contributed by atoms with van der Waals surface area (Å²) in [6, 6.07) is 0. The molecule has 0 saturated heterocycles. The standard InChI is InChI=1S/C19H31NO8/c1-18(2,3)27-16(23)12-20(13-17(24)28-19(4,5)6)10-11-26-15(22)9-8-14(21)25-7/h8-9H,10-13H2,1-7H3. The number of rotatable bonds is 9. The van der Waals surface area contributed by atoms with Crippen LogP contribution in [0.4, 0.5) is 0 Å². The van der Waals surface area contributed by atoms with E-state index in [0.717, 1.165) is 12.2 Å². The third-order valence-electron chi connectivity index (χ3n) is 2.75. The van der Waals surface area contributed by atoms with Crippen molar-refractivity contribution in [3.63, 3.8) is 0 Å². The highest BCUT2D eigenvalue weighted by molar-refractivity contribution is 5.91. The van der Waals surface area contributed by atoms with Gasteiger partial charge in [-0.15, -0.1) is 0 Å². The molecule has 9 nitrogen and oxygen atoms in total. The summed E-state index contributed by atoms with van der Waals surface area (Å²) in [6.07, 6.45) is 1.86. The largest absolute Gasteiger partial charge is 0.466 e. The normalized spacial score (nSPS) is 12.0. The molecule has 0 atom stereocenters. The minimum Gasteiger partial charge on any atom is -0.466 e. The van der Waals surface area contributed by atoms with E-state index in [-0.39, 0.29) is 26.2 Å². The van der Waals surface area contributed by atoms with Crippen molar-refractivity contribution in [2.45, 2.75) is 52.7 Å². The molecule has 0 aromatic heterocycles. The highest BCUT2D eigenvalue weighted by atomic mass is 16.6. The monoisotopic (exact) mass is 401 g/mol. The Morgan fingerprint density at radius 1 is 0.786 bits per heavy atom. The van der Waals surface area contributed by atoms with Gasteiger partial charge >= 0.3 is 23.9 Å². The molecule has 0 N–H and O–H groups in total. The first kappa shape index (κ1) is 25.6. The maximum absolute atomic E-state index is 12.1. The number of hydrogen-bond acceptors (Lipinski definition) is 9. The van der Waals surface area contributed by atoms with Crippen molar-refractivity contribution >= 4 is 23.9 Å². The van der Waals surface area contributed by atoms with Crippen LogP contribution in [0.2, 0.25) is 0 Å². The quantitative estimate of drug-likeness (QED) is 0.320. The van der Waals surface area contributed by atoms with Gasteiger partial charge in [0, 0.05) is 18.7 Å². The predicted octanol–water partition coefficient (Wildman–Crippen LogP) is 1.24. The number of esters is 4. The van der Waals surface area contributed by atoms with Crippen LogP contribution in [0.15, 0.2) is 12.2 Å². The lowest BCUT2D eigenvalue weighted by molar-refractivity contribution is -0.160. The molecule has 0 aromatic carbocycles. The maximum atomic E-state index is 12.1. The highest BCUT2D eigenvalue weighted by Crippen LogP contribution is 2.09. The van der Waals surface area contributed by atoms with Gasteiger partial charge in [-0.3, -0.25) is 14.5 Å². The third-order valence-corrected chi connectivity index (χ3v) is 2.75. The van der Waals surface area contributed by atoms with Gasteiger partial charge in [-0.1, -0.05) is 0 Å². The molecule has 0 bridgehead atoms. The Kier molecular flexibility index (Phi) is 10.4. The predicted molar refractivity (Wildman–Crippen MR) is 100 cm³/mol. The van der Waals surface area contributed by atoms with E-state index < -0.39 is 35.1 Å². The van der Waals surface area contributed by atoms with E-state index in [4.69, 9.17) is 14.2 Å². The van der Waals surface area contributed by atoms with Crippen molar-refractivity contribution in [3.8, 4) is 0 Å². The molecule has 0 amide bonds. The van der Waals surface area contributed by atoms with Crippen LogP contribution in [0.1, 0.15) is 41.5 Å². The van der Waals surface area contributed by atoms with E-state index in [1.54, 1.807) is 41.5 Å². The zero-order valence-corrected chi connectivity index (χ0v) is 17.7. The molecule has 0 radical (unpaired) electrons. The van der Waals surface area contributed by atoms with Crippen molar-refractivity contribution in [1.29, 1.82) is 0 Å². The van der Waals surface area contributed by atoms with Crippen molar-refractivity contribution in [1.82, 2.24) is 4.90 Å². The van der Waals surface area contributed by atoms with Crippen LogP contribution < -0.4 is 0 Å². The summed E-state index contributed by atoms with van der Waals surface area (Å²) in [4.78, 5) is 48.1. The number of ether oxygens (including phenoxy) is 4. The molecular weight excluding hydrogens is 370 g/mol. The average Bonchev–Trinajstić information content (AvgIpc) is 2.48. The topological polar surface area (TPSA) is 108 Å². The Balaban J connectivity index is 4.77. The molecule has 0 fully saturated rings. The summed E-state index contributed by atoms with van der Waals surface area (Å²) in [5.41, 5.74) is -1.33. The van der Waals surface area contributed by atoms with Crippen LogP contribution in [0, 0.1) is 0 Å². The van der Waals surface area contributed by atoms with E-state index in [1.165, 1.54) is 12.0 Å². The molecule has 160 valence electrons. The fourth-order valence-electron chi connectivity index (χ4n) is 1.85. The van der Waals surface area contributed by atoms with Gasteiger partial charge < -0.3 is 18.9 Å². The Morgan fingerprint density at radius 3 is 1.61 bits per heavy atom. The van der Waals surface area contributed by atoms with E-state index in [0.29, 0.717) is 0 Å². The van der Waals surface area contributed by atoms with Gasteiger partial charge in [0.1, 0.15) is 17.8 Å². The first-order valence-corrected chi connectivity index (χ1v) is 8.80. The van der Waals surface area contributed by atoms with E-state index >= 15 is 0 Å². The van der Waals surface area contributed by atoms with Crippen molar-refractivity contribution in [2.75, 3.05) is 33.4 Å². The molecule has 0 heterocycles. The third kappa shape index (κ3) is 14.7. The summed E-state index contributed by atoms with van der Waals surface area (Å²) in [5.74, 6) is -2.48. The van der Waals surface area contributed by atoms with Crippen LogP contribution in [-0.4, -0.2) is 73.3 Å². The zero-order chi connectivity index (χ0) is 22.0. The van der Waals surface area contributed by atoms with Crippen molar-refractivity contribution in [2.24, 2.45) is 0 Å². The Bertz CT molecular complexity index is 554. The summed E-state index contributed by atoms with van der Waals surface area (Å²) in [6.45, 7) is 10.1.